The second-order valence-electron chi connectivity index (χ2n) is 0.921. The van der Waals surface area contributed by atoms with E-state index in [1.165, 1.54) is 0 Å². The minimum absolute atomic E-state index is 0. The van der Waals surface area contributed by atoms with E-state index in [0.29, 0.717) is 0 Å². The zero-order valence-electron chi connectivity index (χ0n) is 7.31. The standard InChI is InChI=1S/CHF3O3S.Li.Na.2H/c2-1(3,4)8(5,6)7;;;;/h(H,5,6,7);;;;/q;2*+1;2*-1. The summed E-state index contributed by atoms with van der Waals surface area (Å²) in [7, 11) is -5.84. The summed E-state index contributed by atoms with van der Waals surface area (Å²) < 4.78 is 57.5. The molecule has 10 heavy (non-hydrogen) atoms. The van der Waals surface area contributed by atoms with Crippen LogP contribution in [0.3, 0.4) is 0 Å². The molecule has 0 bridgehead atoms. The van der Waals surface area contributed by atoms with E-state index >= 15 is 0 Å². The zero-order valence-corrected chi connectivity index (χ0v) is 8.12. The summed E-state index contributed by atoms with van der Waals surface area (Å²) in [5.41, 5.74) is -5.53. The Labute approximate surface area is 92.5 Å². The molecule has 0 amide bonds. The number of hydrogen-bond acceptors (Lipinski definition) is 2. The first kappa shape index (κ1) is 17.4. The van der Waals surface area contributed by atoms with Crippen LogP contribution in [0.4, 0.5) is 13.2 Å². The number of rotatable bonds is 0. The minimum atomic E-state index is -5.84. The van der Waals surface area contributed by atoms with Crippen LogP contribution >= 0.6 is 0 Å². The van der Waals surface area contributed by atoms with E-state index < -0.39 is 15.6 Å². The van der Waals surface area contributed by atoms with E-state index in [1.54, 1.807) is 0 Å². The average molecular weight is 182 g/mol. The van der Waals surface area contributed by atoms with Crippen molar-refractivity contribution in [2.75, 3.05) is 0 Å². The molecule has 0 unspecified atom stereocenters. The van der Waals surface area contributed by atoms with Gasteiger partial charge < -0.3 is 2.85 Å². The second kappa shape index (κ2) is 5.03. The average Bonchev–Trinajstić information content (AvgIpc) is 1.25. The van der Waals surface area contributed by atoms with E-state index in [2.05, 4.69) is 0 Å². The summed E-state index contributed by atoms with van der Waals surface area (Å²) in [5, 5.41) is 0. The van der Waals surface area contributed by atoms with Crippen LogP contribution in [0, 0.1) is 0 Å². The molecule has 0 aliphatic carbocycles. The van der Waals surface area contributed by atoms with Gasteiger partial charge in [-0.05, 0) is 0 Å². The normalized spacial score (nSPS) is 11.2. The molecular formula is CH3F3LiNaO3S. The Kier molecular flexibility index (Phi) is 8.76. The van der Waals surface area contributed by atoms with Crippen molar-refractivity contribution >= 4 is 10.1 Å². The predicted molar refractivity (Wildman–Crippen MR) is 19.8 cm³/mol. The Balaban J connectivity index is -0.0000000408. The van der Waals surface area contributed by atoms with Crippen LogP contribution in [-0.2, 0) is 10.1 Å². The summed E-state index contributed by atoms with van der Waals surface area (Å²) in [4.78, 5) is 0. The molecule has 0 spiro atoms. The Morgan fingerprint density at radius 2 is 1.40 bits per heavy atom. The van der Waals surface area contributed by atoms with Gasteiger partial charge in [-0.2, -0.15) is 21.6 Å². The fraction of sp³-hybridized carbons (Fsp3) is 1.00. The zero-order chi connectivity index (χ0) is 7.00. The SMILES string of the molecule is O=S(=O)(O)C(F)(F)F.[H-].[H-].[Li+].[Na+]. The molecule has 3 nitrogen and oxygen atoms in total. The maximum Gasteiger partial charge on any atom is 1.00 e. The first-order valence-electron chi connectivity index (χ1n) is 1.29. The summed E-state index contributed by atoms with van der Waals surface area (Å²) in [6.45, 7) is 0. The van der Waals surface area contributed by atoms with Crippen molar-refractivity contribution in [3.05, 3.63) is 0 Å². The molecule has 0 saturated carbocycles. The molecule has 0 saturated heterocycles. The topological polar surface area (TPSA) is 54.4 Å². The van der Waals surface area contributed by atoms with Crippen molar-refractivity contribution < 1.29 is 77.4 Å². The van der Waals surface area contributed by atoms with Gasteiger partial charge in [0.2, 0.25) is 0 Å². The fourth-order valence-electron chi connectivity index (χ4n) is 0. The van der Waals surface area contributed by atoms with Gasteiger partial charge in [-0.15, -0.1) is 0 Å². The summed E-state index contributed by atoms with van der Waals surface area (Å²) >= 11 is 0. The molecule has 0 rings (SSSR count). The van der Waals surface area contributed by atoms with Gasteiger partial charge in [0.25, 0.3) is 0 Å². The molecular weight excluding hydrogens is 179 g/mol. The largest absolute Gasteiger partial charge is 1.00 e. The number of hydrogen-bond donors (Lipinski definition) is 1. The van der Waals surface area contributed by atoms with Crippen molar-refractivity contribution in [2.45, 2.75) is 5.51 Å². The second-order valence-corrected chi connectivity index (χ2v) is 2.33. The Hall–Kier alpha value is 1.30. The van der Waals surface area contributed by atoms with Crippen LogP contribution in [0.2, 0.25) is 0 Å². The monoisotopic (exact) mass is 182 g/mol. The van der Waals surface area contributed by atoms with Gasteiger partial charge in [0.15, 0.2) is 0 Å². The van der Waals surface area contributed by atoms with E-state index in [9.17, 15) is 13.2 Å². The molecule has 0 heterocycles. The van der Waals surface area contributed by atoms with E-state index in [0.717, 1.165) is 0 Å². The van der Waals surface area contributed by atoms with Crippen LogP contribution in [0.15, 0.2) is 0 Å². The fourth-order valence-corrected chi connectivity index (χ4v) is 0. The Bertz CT molecular complexity index is 180. The Morgan fingerprint density at radius 3 is 1.40 bits per heavy atom. The van der Waals surface area contributed by atoms with Gasteiger partial charge in [-0.1, -0.05) is 0 Å². The van der Waals surface area contributed by atoms with E-state index in [4.69, 9.17) is 13.0 Å². The third-order valence-corrected chi connectivity index (χ3v) is 0.877. The van der Waals surface area contributed by atoms with Crippen molar-refractivity contribution in [1.29, 1.82) is 0 Å². The van der Waals surface area contributed by atoms with Gasteiger partial charge >= 0.3 is 64.0 Å². The molecule has 9 heteroatoms. The van der Waals surface area contributed by atoms with E-state index in [1.807, 2.05) is 0 Å². The third-order valence-electron chi connectivity index (χ3n) is 0.292. The maximum absolute atomic E-state index is 10.7. The van der Waals surface area contributed by atoms with Crippen LogP contribution < -0.4 is 48.4 Å². The van der Waals surface area contributed by atoms with Crippen molar-refractivity contribution in [1.82, 2.24) is 0 Å². The molecule has 0 aromatic heterocycles. The van der Waals surface area contributed by atoms with Gasteiger partial charge in [0, 0.05) is 0 Å². The predicted octanol–water partition coefficient (Wildman–Crippen LogP) is -5.37. The van der Waals surface area contributed by atoms with Crippen LogP contribution in [-0.4, -0.2) is 18.5 Å². The van der Waals surface area contributed by atoms with Crippen molar-refractivity contribution in [2.24, 2.45) is 0 Å². The van der Waals surface area contributed by atoms with Gasteiger partial charge in [-0.3, -0.25) is 4.55 Å². The first-order chi connectivity index (χ1) is 3.25. The molecule has 54 valence electrons. The molecule has 0 aromatic carbocycles. The summed E-state index contributed by atoms with van der Waals surface area (Å²) in [6, 6.07) is 0. The van der Waals surface area contributed by atoms with Gasteiger partial charge in [0.1, 0.15) is 0 Å². The molecule has 0 fully saturated rings. The van der Waals surface area contributed by atoms with Crippen LogP contribution in [0.25, 0.3) is 0 Å². The molecule has 0 aliphatic rings. The first-order valence-corrected chi connectivity index (χ1v) is 2.73. The Morgan fingerprint density at radius 1 is 1.30 bits per heavy atom. The van der Waals surface area contributed by atoms with Gasteiger partial charge in [-0.25, -0.2) is 0 Å². The smallest absolute Gasteiger partial charge is 1.00 e. The third kappa shape index (κ3) is 6.04. The molecule has 0 radical (unpaired) electrons. The number of alkyl halides is 3. The summed E-state index contributed by atoms with van der Waals surface area (Å²) in [6.07, 6.45) is 0. The minimum Gasteiger partial charge on any atom is -1.00 e. The molecule has 0 aromatic rings. The van der Waals surface area contributed by atoms with Crippen molar-refractivity contribution in [3.8, 4) is 0 Å². The maximum atomic E-state index is 10.7. The molecule has 0 aliphatic heterocycles. The van der Waals surface area contributed by atoms with Crippen molar-refractivity contribution in [3.63, 3.8) is 0 Å². The van der Waals surface area contributed by atoms with Gasteiger partial charge in [0.05, 0.1) is 0 Å². The quantitative estimate of drug-likeness (QED) is 0.231. The van der Waals surface area contributed by atoms with Crippen LogP contribution in [0.1, 0.15) is 2.85 Å². The van der Waals surface area contributed by atoms with E-state index in [-0.39, 0.29) is 51.3 Å². The number of halogens is 3. The molecule has 1 N–H and O–H groups in total. The molecule has 0 atom stereocenters. The summed E-state index contributed by atoms with van der Waals surface area (Å²) in [5.74, 6) is 0. The van der Waals surface area contributed by atoms with Crippen LogP contribution in [0.5, 0.6) is 0 Å².